The summed E-state index contributed by atoms with van der Waals surface area (Å²) in [5.41, 5.74) is 5.93. The summed E-state index contributed by atoms with van der Waals surface area (Å²) >= 11 is 0. The van der Waals surface area contributed by atoms with Gasteiger partial charge in [-0.2, -0.15) is 0 Å². The van der Waals surface area contributed by atoms with E-state index < -0.39 is 0 Å². The lowest BCUT2D eigenvalue weighted by atomic mass is 10.2. The summed E-state index contributed by atoms with van der Waals surface area (Å²) in [4.78, 5) is 21.7. The van der Waals surface area contributed by atoms with E-state index in [1.54, 1.807) is 24.3 Å². The summed E-state index contributed by atoms with van der Waals surface area (Å²) in [5.74, 6) is 0.536. The van der Waals surface area contributed by atoms with Gasteiger partial charge in [0.25, 0.3) is 5.91 Å². The van der Waals surface area contributed by atoms with Gasteiger partial charge < -0.3 is 21.1 Å². The van der Waals surface area contributed by atoms with Crippen LogP contribution in [0.3, 0.4) is 0 Å². The van der Waals surface area contributed by atoms with E-state index >= 15 is 0 Å². The van der Waals surface area contributed by atoms with Crippen molar-refractivity contribution in [3.63, 3.8) is 0 Å². The number of rotatable bonds is 9. The topological polar surface area (TPSA) is 93.4 Å². The van der Waals surface area contributed by atoms with Gasteiger partial charge in [-0.05, 0) is 37.2 Å². The largest absolute Gasteiger partial charge is 0.492 e. The summed E-state index contributed by atoms with van der Waals surface area (Å²) in [5, 5.41) is 5.27. The molecule has 19 heavy (non-hydrogen) atoms. The molecule has 1 aromatic rings. The molecule has 4 N–H and O–H groups in total. The molecule has 0 saturated carbocycles. The normalized spacial score (nSPS) is 9.74. The third kappa shape index (κ3) is 5.87. The number of nitrogens with one attached hydrogen (secondary N) is 2. The standard InChI is InChI=1S/C13H19N3O3/c14-6-1-7-16-13(18)11-2-4-12(5-3-11)19-9-8-15-10-17/h2-5,10H,1,6-9,14H2,(H,15,17)(H,16,18). The lowest BCUT2D eigenvalue weighted by Crippen LogP contribution is -2.25. The monoisotopic (exact) mass is 265 g/mol. The van der Waals surface area contributed by atoms with E-state index in [0.717, 1.165) is 6.42 Å². The fourth-order valence-electron chi connectivity index (χ4n) is 1.40. The predicted octanol–water partition coefficient (Wildman–Crippen LogP) is -0.110. The van der Waals surface area contributed by atoms with Crippen LogP contribution in [0.15, 0.2) is 24.3 Å². The van der Waals surface area contributed by atoms with Crippen LogP contribution in [0.2, 0.25) is 0 Å². The van der Waals surface area contributed by atoms with E-state index in [-0.39, 0.29) is 5.91 Å². The van der Waals surface area contributed by atoms with Crippen LogP contribution in [0.25, 0.3) is 0 Å². The fourth-order valence-corrected chi connectivity index (χ4v) is 1.40. The number of hydrogen-bond donors (Lipinski definition) is 3. The number of hydrogen-bond acceptors (Lipinski definition) is 4. The van der Waals surface area contributed by atoms with Crippen LogP contribution in [0.4, 0.5) is 0 Å². The molecule has 6 nitrogen and oxygen atoms in total. The first-order chi connectivity index (χ1) is 9.27. The second-order valence-corrected chi connectivity index (χ2v) is 3.84. The minimum Gasteiger partial charge on any atom is -0.492 e. The summed E-state index contributed by atoms with van der Waals surface area (Å²) in [6.07, 6.45) is 1.38. The molecule has 1 rings (SSSR count). The molecule has 0 radical (unpaired) electrons. The smallest absolute Gasteiger partial charge is 0.251 e. The predicted molar refractivity (Wildman–Crippen MR) is 72.0 cm³/mol. The second-order valence-electron chi connectivity index (χ2n) is 3.84. The minimum atomic E-state index is -0.123. The first-order valence-corrected chi connectivity index (χ1v) is 6.16. The van der Waals surface area contributed by atoms with Crippen molar-refractivity contribution in [3.8, 4) is 5.75 Å². The van der Waals surface area contributed by atoms with E-state index in [1.165, 1.54) is 0 Å². The molecule has 0 fully saturated rings. The Hall–Kier alpha value is -2.08. The average Bonchev–Trinajstić information content (AvgIpc) is 2.44. The van der Waals surface area contributed by atoms with Gasteiger partial charge in [-0.1, -0.05) is 0 Å². The molecule has 6 heteroatoms. The van der Waals surface area contributed by atoms with E-state index in [2.05, 4.69) is 10.6 Å². The van der Waals surface area contributed by atoms with Gasteiger partial charge in [0.1, 0.15) is 12.4 Å². The summed E-state index contributed by atoms with van der Waals surface area (Å²) in [6, 6.07) is 6.83. The number of ether oxygens (including phenoxy) is 1. The van der Waals surface area contributed by atoms with E-state index in [0.29, 0.717) is 44.0 Å². The zero-order valence-corrected chi connectivity index (χ0v) is 10.7. The Morgan fingerprint density at radius 1 is 1.26 bits per heavy atom. The third-order valence-corrected chi connectivity index (χ3v) is 2.38. The van der Waals surface area contributed by atoms with Gasteiger partial charge in [0.05, 0.1) is 6.54 Å². The molecule has 2 amide bonds. The zero-order chi connectivity index (χ0) is 13.9. The number of benzene rings is 1. The van der Waals surface area contributed by atoms with Crippen LogP contribution >= 0.6 is 0 Å². The Balaban J connectivity index is 2.37. The second kappa shape index (κ2) is 8.93. The van der Waals surface area contributed by atoms with E-state index in [4.69, 9.17) is 10.5 Å². The number of nitrogens with two attached hydrogens (primary N) is 1. The Kier molecular flexibility index (Phi) is 7.04. The molecular weight excluding hydrogens is 246 g/mol. The summed E-state index contributed by atoms with van der Waals surface area (Å²) < 4.78 is 5.37. The number of amides is 2. The quantitative estimate of drug-likeness (QED) is 0.429. The summed E-state index contributed by atoms with van der Waals surface area (Å²) in [7, 11) is 0. The molecule has 0 unspecified atom stereocenters. The third-order valence-electron chi connectivity index (χ3n) is 2.38. The molecule has 0 aliphatic carbocycles. The van der Waals surface area contributed by atoms with Gasteiger partial charge in [0.15, 0.2) is 0 Å². The zero-order valence-electron chi connectivity index (χ0n) is 10.7. The fraction of sp³-hybridized carbons (Fsp3) is 0.385. The molecule has 0 spiro atoms. The van der Waals surface area contributed by atoms with Crippen LogP contribution in [0.5, 0.6) is 5.75 Å². The molecule has 0 aromatic heterocycles. The highest BCUT2D eigenvalue weighted by molar-refractivity contribution is 5.94. The average molecular weight is 265 g/mol. The molecule has 0 heterocycles. The first kappa shape index (κ1) is 15.0. The highest BCUT2D eigenvalue weighted by Gasteiger charge is 2.04. The highest BCUT2D eigenvalue weighted by Crippen LogP contribution is 2.11. The van der Waals surface area contributed by atoms with E-state index in [1.807, 2.05) is 0 Å². The first-order valence-electron chi connectivity index (χ1n) is 6.16. The van der Waals surface area contributed by atoms with Crippen LogP contribution in [-0.4, -0.2) is 38.6 Å². The van der Waals surface area contributed by atoms with Crippen molar-refractivity contribution in [2.45, 2.75) is 6.42 Å². The molecule has 0 bridgehead atoms. The lowest BCUT2D eigenvalue weighted by molar-refractivity contribution is -0.109. The Bertz CT molecular complexity index is 393. The van der Waals surface area contributed by atoms with Gasteiger partial charge in [-0.3, -0.25) is 9.59 Å². The maximum absolute atomic E-state index is 11.7. The van der Waals surface area contributed by atoms with Crippen molar-refractivity contribution in [2.75, 3.05) is 26.2 Å². The maximum atomic E-state index is 11.7. The van der Waals surface area contributed by atoms with Crippen molar-refractivity contribution >= 4 is 12.3 Å². The Morgan fingerprint density at radius 3 is 2.63 bits per heavy atom. The van der Waals surface area contributed by atoms with Crippen LogP contribution < -0.4 is 21.1 Å². The molecule has 0 aliphatic heterocycles. The van der Waals surface area contributed by atoms with Crippen LogP contribution in [0, 0.1) is 0 Å². The van der Waals surface area contributed by atoms with Gasteiger partial charge in [0.2, 0.25) is 6.41 Å². The van der Waals surface area contributed by atoms with Crippen molar-refractivity contribution in [3.05, 3.63) is 29.8 Å². The number of carbonyl (C=O) groups is 2. The van der Waals surface area contributed by atoms with Crippen molar-refractivity contribution in [1.82, 2.24) is 10.6 Å². The minimum absolute atomic E-state index is 0.123. The maximum Gasteiger partial charge on any atom is 0.251 e. The molecule has 0 aliphatic rings. The molecule has 104 valence electrons. The molecule has 1 aromatic carbocycles. The van der Waals surface area contributed by atoms with Gasteiger partial charge in [-0.15, -0.1) is 0 Å². The number of carbonyl (C=O) groups excluding carboxylic acids is 2. The lowest BCUT2D eigenvalue weighted by Gasteiger charge is -2.07. The van der Waals surface area contributed by atoms with Crippen LogP contribution in [0.1, 0.15) is 16.8 Å². The SMILES string of the molecule is NCCCNC(=O)c1ccc(OCCNC=O)cc1. The Morgan fingerprint density at radius 2 is 2.00 bits per heavy atom. The Labute approximate surface area is 112 Å². The summed E-state index contributed by atoms with van der Waals surface area (Å²) in [6.45, 7) is 1.97. The molecule has 0 atom stereocenters. The van der Waals surface area contributed by atoms with E-state index in [9.17, 15) is 9.59 Å². The highest BCUT2D eigenvalue weighted by atomic mass is 16.5. The van der Waals surface area contributed by atoms with Gasteiger partial charge in [0, 0.05) is 12.1 Å². The van der Waals surface area contributed by atoms with Crippen molar-refractivity contribution in [2.24, 2.45) is 5.73 Å². The van der Waals surface area contributed by atoms with Gasteiger partial charge >= 0.3 is 0 Å². The molecular formula is C13H19N3O3. The van der Waals surface area contributed by atoms with Crippen molar-refractivity contribution in [1.29, 1.82) is 0 Å². The molecule has 0 saturated heterocycles. The van der Waals surface area contributed by atoms with Gasteiger partial charge in [-0.25, -0.2) is 0 Å². The van der Waals surface area contributed by atoms with Crippen molar-refractivity contribution < 1.29 is 14.3 Å². The van der Waals surface area contributed by atoms with Crippen LogP contribution in [-0.2, 0) is 4.79 Å².